The van der Waals surface area contributed by atoms with Crippen LogP contribution in [0.15, 0.2) is 22.9 Å². The number of pyridine rings is 1. The Bertz CT molecular complexity index is 442. The van der Waals surface area contributed by atoms with Gasteiger partial charge in [-0.15, -0.1) is 0 Å². The van der Waals surface area contributed by atoms with Crippen molar-refractivity contribution in [1.29, 1.82) is 0 Å². The average molecular weight is 328 g/mol. The van der Waals surface area contributed by atoms with Crippen molar-refractivity contribution in [2.45, 2.75) is 25.8 Å². The van der Waals surface area contributed by atoms with Crippen molar-refractivity contribution in [3.8, 4) is 0 Å². The van der Waals surface area contributed by atoms with Crippen LogP contribution in [0.4, 0.5) is 10.5 Å². The molecule has 1 saturated heterocycles. The molecule has 1 unspecified atom stereocenters. The summed E-state index contributed by atoms with van der Waals surface area (Å²) < 4.78 is 5.88. The Balaban J connectivity index is 1.95. The Morgan fingerprint density at radius 2 is 2.47 bits per heavy atom. The number of piperidine rings is 1. The van der Waals surface area contributed by atoms with E-state index in [2.05, 4.69) is 31.1 Å². The molecule has 1 N–H and O–H groups in total. The van der Waals surface area contributed by atoms with Crippen molar-refractivity contribution < 1.29 is 9.53 Å². The number of hydrogen-bond donors (Lipinski definition) is 1. The minimum Gasteiger partial charge on any atom is -0.450 e. The number of nitrogens with one attached hydrogen (secondary N) is 1. The van der Waals surface area contributed by atoms with Crippen LogP contribution in [0.5, 0.6) is 0 Å². The summed E-state index contributed by atoms with van der Waals surface area (Å²) in [7, 11) is 0. The summed E-state index contributed by atoms with van der Waals surface area (Å²) in [5, 5.41) is 2.90. The van der Waals surface area contributed by atoms with Gasteiger partial charge in [0.25, 0.3) is 0 Å². The Kier molecular flexibility index (Phi) is 5.01. The third kappa shape index (κ3) is 4.09. The van der Waals surface area contributed by atoms with Crippen LogP contribution >= 0.6 is 15.9 Å². The molecule has 0 aromatic carbocycles. The monoisotopic (exact) mass is 327 g/mol. The Hall–Kier alpha value is -1.30. The lowest BCUT2D eigenvalue weighted by Crippen LogP contribution is -2.48. The summed E-state index contributed by atoms with van der Waals surface area (Å²) in [4.78, 5) is 17.8. The Labute approximate surface area is 121 Å². The van der Waals surface area contributed by atoms with E-state index in [9.17, 15) is 4.79 Å². The number of carbonyl (C=O) groups excluding carboxylic acids is 1. The van der Waals surface area contributed by atoms with Crippen molar-refractivity contribution in [3.05, 3.63) is 22.9 Å². The lowest BCUT2D eigenvalue weighted by atomic mass is 10.1. The molecule has 0 bridgehead atoms. The second kappa shape index (κ2) is 6.75. The first-order valence-corrected chi connectivity index (χ1v) is 7.27. The second-order valence-corrected chi connectivity index (χ2v) is 5.43. The molecule has 0 saturated carbocycles. The van der Waals surface area contributed by atoms with Crippen LogP contribution in [-0.4, -0.2) is 36.8 Å². The maximum absolute atomic E-state index is 11.4. The quantitative estimate of drug-likeness (QED) is 0.927. The maximum atomic E-state index is 11.4. The number of rotatable bonds is 3. The van der Waals surface area contributed by atoms with Crippen LogP contribution in [0.1, 0.15) is 19.8 Å². The van der Waals surface area contributed by atoms with Gasteiger partial charge in [-0.2, -0.15) is 0 Å². The summed E-state index contributed by atoms with van der Waals surface area (Å²) in [5.41, 5.74) is 1.07. The van der Waals surface area contributed by atoms with Crippen LogP contribution in [0.25, 0.3) is 0 Å². The topological polar surface area (TPSA) is 54.5 Å². The van der Waals surface area contributed by atoms with E-state index in [0.717, 1.165) is 36.1 Å². The first-order chi connectivity index (χ1) is 9.19. The second-order valence-electron chi connectivity index (χ2n) is 4.51. The Morgan fingerprint density at radius 1 is 1.63 bits per heavy atom. The summed E-state index contributed by atoms with van der Waals surface area (Å²) >= 11 is 3.43. The highest BCUT2D eigenvalue weighted by Crippen LogP contribution is 2.22. The van der Waals surface area contributed by atoms with Crippen molar-refractivity contribution in [2.75, 3.05) is 24.6 Å². The maximum Gasteiger partial charge on any atom is 0.407 e. The fourth-order valence-electron chi connectivity index (χ4n) is 2.24. The van der Waals surface area contributed by atoms with Gasteiger partial charge in [-0.25, -0.2) is 4.79 Å². The fraction of sp³-hybridized carbons (Fsp3) is 0.538. The molecule has 1 aliphatic rings. The van der Waals surface area contributed by atoms with Gasteiger partial charge in [-0.1, -0.05) is 0 Å². The number of nitrogens with zero attached hydrogens (tertiary/aromatic N) is 2. The molecule has 104 valence electrons. The third-order valence-corrected chi connectivity index (χ3v) is 3.51. The SMILES string of the molecule is CCOC(=O)NC1CCCN(c2cncc(Br)c2)C1. The van der Waals surface area contributed by atoms with E-state index in [1.807, 2.05) is 12.3 Å². The zero-order chi connectivity index (χ0) is 13.7. The van der Waals surface area contributed by atoms with Gasteiger partial charge in [0, 0.05) is 29.8 Å². The third-order valence-electron chi connectivity index (χ3n) is 3.07. The number of carbonyl (C=O) groups is 1. The smallest absolute Gasteiger partial charge is 0.407 e. The number of hydrogen-bond acceptors (Lipinski definition) is 4. The van der Waals surface area contributed by atoms with Gasteiger partial charge in [0.2, 0.25) is 0 Å². The Morgan fingerprint density at radius 3 is 3.21 bits per heavy atom. The van der Waals surface area contributed by atoms with Crippen LogP contribution in [-0.2, 0) is 4.74 Å². The standard InChI is InChI=1S/C13H18BrN3O2/c1-2-19-13(18)16-11-4-3-5-17(9-11)12-6-10(14)7-15-8-12/h6-8,11H,2-5,9H2,1H3,(H,16,18). The van der Waals surface area contributed by atoms with Gasteiger partial charge in [-0.3, -0.25) is 4.98 Å². The number of halogens is 1. The number of alkyl carbamates (subject to hydrolysis) is 1. The molecule has 0 aliphatic carbocycles. The molecule has 1 aromatic heterocycles. The van der Waals surface area contributed by atoms with Gasteiger partial charge < -0.3 is 15.0 Å². The highest BCUT2D eigenvalue weighted by Gasteiger charge is 2.22. The molecule has 2 heterocycles. The average Bonchev–Trinajstić information content (AvgIpc) is 2.39. The van der Waals surface area contributed by atoms with E-state index in [0.29, 0.717) is 6.61 Å². The highest BCUT2D eigenvalue weighted by atomic mass is 79.9. The number of ether oxygens (including phenoxy) is 1. The molecule has 0 spiro atoms. The van der Waals surface area contributed by atoms with Gasteiger partial charge in [0.1, 0.15) is 0 Å². The van der Waals surface area contributed by atoms with E-state index in [1.165, 1.54) is 0 Å². The highest BCUT2D eigenvalue weighted by molar-refractivity contribution is 9.10. The molecule has 1 amide bonds. The molecule has 1 fully saturated rings. The van der Waals surface area contributed by atoms with Gasteiger partial charge in [0.05, 0.1) is 18.5 Å². The molecule has 1 atom stereocenters. The van der Waals surface area contributed by atoms with E-state index >= 15 is 0 Å². The first-order valence-electron chi connectivity index (χ1n) is 6.48. The molecule has 19 heavy (non-hydrogen) atoms. The van der Waals surface area contributed by atoms with Gasteiger partial charge in [0.15, 0.2) is 0 Å². The molecule has 6 heteroatoms. The molecule has 1 aliphatic heterocycles. The molecular formula is C13H18BrN3O2. The summed E-state index contributed by atoms with van der Waals surface area (Å²) in [5.74, 6) is 0. The van der Waals surface area contributed by atoms with Crippen molar-refractivity contribution >= 4 is 27.7 Å². The number of aromatic nitrogens is 1. The van der Waals surface area contributed by atoms with E-state index in [-0.39, 0.29) is 12.1 Å². The summed E-state index contributed by atoms with van der Waals surface area (Å²) in [6, 6.07) is 2.17. The van der Waals surface area contributed by atoms with Crippen LogP contribution in [0.2, 0.25) is 0 Å². The van der Waals surface area contributed by atoms with Crippen molar-refractivity contribution in [3.63, 3.8) is 0 Å². The van der Waals surface area contributed by atoms with E-state index in [1.54, 1.807) is 13.1 Å². The zero-order valence-electron chi connectivity index (χ0n) is 10.9. The predicted octanol–water partition coefficient (Wildman–Crippen LogP) is 2.56. The molecule has 1 aromatic rings. The van der Waals surface area contributed by atoms with Crippen molar-refractivity contribution in [1.82, 2.24) is 10.3 Å². The van der Waals surface area contributed by atoms with E-state index in [4.69, 9.17) is 4.74 Å². The molecular weight excluding hydrogens is 310 g/mol. The molecule has 0 radical (unpaired) electrons. The summed E-state index contributed by atoms with van der Waals surface area (Å²) in [6.45, 7) is 3.98. The lowest BCUT2D eigenvalue weighted by molar-refractivity contribution is 0.146. The first kappa shape index (κ1) is 14.1. The largest absolute Gasteiger partial charge is 0.450 e. The van der Waals surface area contributed by atoms with Gasteiger partial charge in [-0.05, 0) is 41.8 Å². The fourth-order valence-corrected chi connectivity index (χ4v) is 2.60. The van der Waals surface area contributed by atoms with Crippen molar-refractivity contribution in [2.24, 2.45) is 0 Å². The number of anilines is 1. The molecule has 2 rings (SSSR count). The van der Waals surface area contributed by atoms with Crippen LogP contribution in [0, 0.1) is 0 Å². The van der Waals surface area contributed by atoms with Gasteiger partial charge >= 0.3 is 6.09 Å². The van der Waals surface area contributed by atoms with Crippen LogP contribution in [0.3, 0.4) is 0 Å². The minimum atomic E-state index is -0.332. The molecule has 5 nitrogen and oxygen atoms in total. The normalized spacial score (nSPS) is 19.1. The van der Waals surface area contributed by atoms with Crippen LogP contribution < -0.4 is 10.2 Å². The zero-order valence-corrected chi connectivity index (χ0v) is 12.5. The predicted molar refractivity (Wildman–Crippen MR) is 77.3 cm³/mol. The van der Waals surface area contributed by atoms with E-state index < -0.39 is 0 Å². The number of amides is 1. The minimum absolute atomic E-state index is 0.131. The lowest BCUT2D eigenvalue weighted by Gasteiger charge is -2.34. The summed E-state index contributed by atoms with van der Waals surface area (Å²) in [6.07, 6.45) is 5.31.